The Kier molecular flexibility index (Phi) is 6.54. The van der Waals surface area contributed by atoms with E-state index in [4.69, 9.17) is 0 Å². The zero-order valence-electron chi connectivity index (χ0n) is 17.1. The van der Waals surface area contributed by atoms with E-state index in [-0.39, 0.29) is 12.6 Å². The number of sulfonamides is 1. The van der Waals surface area contributed by atoms with Crippen LogP contribution in [0.5, 0.6) is 0 Å². The molecule has 0 spiro atoms. The molecule has 1 fully saturated rings. The second-order valence-electron chi connectivity index (χ2n) is 7.93. The van der Waals surface area contributed by atoms with E-state index in [0.717, 1.165) is 11.8 Å². The van der Waals surface area contributed by atoms with Crippen LogP contribution in [0, 0.1) is 0 Å². The first-order valence-electron chi connectivity index (χ1n) is 9.76. The number of anilines is 1. The van der Waals surface area contributed by atoms with Crippen molar-refractivity contribution in [2.45, 2.75) is 30.6 Å². The number of hydrogen-bond donors (Lipinski definition) is 1. The van der Waals surface area contributed by atoms with Gasteiger partial charge in [-0.2, -0.15) is 26.3 Å². The summed E-state index contributed by atoms with van der Waals surface area (Å²) in [7, 11) is -4.21. The van der Waals surface area contributed by atoms with Crippen molar-refractivity contribution >= 4 is 15.7 Å². The minimum atomic E-state index is -5.08. The predicted octanol–water partition coefficient (Wildman–Crippen LogP) is 4.81. The maximum absolute atomic E-state index is 13.4. The van der Waals surface area contributed by atoms with Crippen LogP contribution < -0.4 is 9.62 Å². The minimum absolute atomic E-state index is 0.0124. The second kappa shape index (κ2) is 8.58. The van der Waals surface area contributed by atoms with Gasteiger partial charge in [-0.05, 0) is 49.7 Å². The third kappa shape index (κ3) is 5.37. The average Bonchev–Trinajstić information content (AvgIpc) is 2.71. The van der Waals surface area contributed by atoms with Crippen molar-refractivity contribution in [2.24, 2.45) is 0 Å². The number of nitrogens with zero attached hydrogens (tertiary/aromatic N) is 1. The fourth-order valence-corrected chi connectivity index (χ4v) is 4.96. The Balaban J connectivity index is 2.17. The van der Waals surface area contributed by atoms with Gasteiger partial charge in [0.25, 0.3) is 0 Å². The zero-order valence-corrected chi connectivity index (χ0v) is 17.9. The molecule has 0 amide bonds. The summed E-state index contributed by atoms with van der Waals surface area (Å²) in [5, 5.41) is 3.15. The Morgan fingerprint density at radius 3 is 1.84 bits per heavy atom. The van der Waals surface area contributed by atoms with E-state index in [2.05, 4.69) is 5.32 Å². The quantitative estimate of drug-likeness (QED) is 0.625. The van der Waals surface area contributed by atoms with Gasteiger partial charge >= 0.3 is 12.4 Å². The first kappa shape index (κ1) is 24.4. The van der Waals surface area contributed by atoms with Crippen LogP contribution in [0.3, 0.4) is 0 Å². The predicted molar refractivity (Wildman–Crippen MR) is 109 cm³/mol. The van der Waals surface area contributed by atoms with Crippen LogP contribution in [0.4, 0.5) is 32.0 Å². The zero-order chi connectivity index (χ0) is 23.8. The number of alkyl halides is 6. The third-order valence-electron chi connectivity index (χ3n) is 5.65. The minimum Gasteiger partial charge on any atom is -0.317 e. The van der Waals surface area contributed by atoms with E-state index in [9.17, 15) is 34.8 Å². The molecule has 0 aromatic heterocycles. The maximum Gasteiger partial charge on any atom is 0.416 e. The van der Waals surface area contributed by atoms with Crippen molar-refractivity contribution in [2.75, 3.05) is 30.2 Å². The summed E-state index contributed by atoms with van der Waals surface area (Å²) in [4.78, 5) is 0. The summed E-state index contributed by atoms with van der Waals surface area (Å²) in [6.07, 6.45) is -8.45. The molecule has 176 valence electrons. The molecule has 0 radical (unpaired) electrons. The maximum atomic E-state index is 13.4. The molecule has 1 aliphatic rings. The van der Waals surface area contributed by atoms with Crippen molar-refractivity contribution in [3.8, 4) is 0 Å². The lowest BCUT2D eigenvalue weighted by Crippen LogP contribution is -2.49. The fourth-order valence-electron chi connectivity index (χ4n) is 3.99. The van der Waals surface area contributed by atoms with Crippen LogP contribution in [0.2, 0.25) is 0 Å². The van der Waals surface area contributed by atoms with Crippen molar-refractivity contribution in [3.63, 3.8) is 0 Å². The van der Waals surface area contributed by atoms with Crippen molar-refractivity contribution in [1.82, 2.24) is 5.32 Å². The first-order chi connectivity index (χ1) is 14.7. The lowest BCUT2D eigenvalue weighted by molar-refractivity contribution is -0.143. The molecule has 3 rings (SSSR count). The van der Waals surface area contributed by atoms with Gasteiger partial charge in [0, 0.05) is 12.0 Å². The Morgan fingerprint density at radius 1 is 0.906 bits per heavy atom. The smallest absolute Gasteiger partial charge is 0.317 e. The molecule has 2 aromatic rings. The molecular formula is C21H22F6N2O2S. The largest absolute Gasteiger partial charge is 0.416 e. The number of rotatable bonds is 5. The Morgan fingerprint density at radius 2 is 1.41 bits per heavy atom. The number of benzene rings is 2. The first-order valence-corrected chi connectivity index (χ1v) is 11.6. The SMILES string of the molecule is CS(=O)(=O)N(CC1(c2ccccc2)CCNCC1)c1cc(C(F)(F)F)cc(C(F)(F)F)c1. The van der Waals surface area contributed by atoms with Gasteiger partial charge in [-0.1, -0.05) is 30.3 Å². The molecule has 2 aromatic carbocycles. The van der Waals surface area contributed by atoms with Crippen LogP contribution in [0.25, 0.3) is 0 Å². The lowest BCUT2D eigenvalue weighted by Gasteiger charge is -2.42. The Hall–Kier alpha value is -2.27. The fraction of sp³-hybridized carbons (Fsp3) is 0.429. The van der Waals surface area contributed by atoms with Gasteiger partial charge in [0.2, 0.25) is 10.0 Å². The second-order valence-corrected chi connectivity index (χ2v) is 9.84. The summed E-state index contributed by atoms with van der Waals surface area (Å²) in [6.45, 7) is 0.780. The van der Waals surface area contributed by atoms with Gasteiger partial charge in [0.05, 0.1) is 23.1 Å². The van der Waals surface area contributed by atoms with E-state index in [1.54, 1.807) is 30.3 Å². The number of halogens is 6. The molecule has 0 atom stereocenters. The highest BCUT2D eigenvalue weighted by Crippen LogP contribution is 2.41. The lowest BCUT2D eigenvalue weighted by atomic mass is 9.73. The van der Waals surface area contributed by atoms with E-state index >= 15 is 0 Å². The highest BCUT2D eigenvalue weighted by atomic mass is 32.2. The van der Waals surface area contributed by atoms with E-state index in [1.807, 2.05) is 0 Å². The van der Waals surface area contributed by atoms with Gasteiger partial charge < -0.3 is 5.32 Å². The molecule has 4 nitrogen and oxygen atoms in total. The molecule has 1 heterocycles. The average molecular weight is 480 g/mol. The summed E-state index contributed by atoms with van der Waals surface area (Å²) in [5.41, 5.74) is -3.78. The summed E-state index contributed by atoms with van der Waals surface area (Å²) in [6, 6.07) is 9.77. The van der Waals surface area contributed by atoms with E-state index in [0.29, 0.717) is 42.4 Å². The summed E-state index contributed by atoms with van der Waals surface area (Å²) in [5.74, 6) is 0. The van der Waals surface area contributed by atoms with Crippen molar-refractivity contribution in [3.05, 3.63) is 65.2 Å². The molecule has 32 heavy (non-hydrogen) atoms. The van der Waals surface area contributed by atoms with Crippen molar-refractivity contribution in [1.29, 1.82) is 0 Å². The van der Waals surface area contributed by atoms with Gasteiger partial charge in [0.15, 0.2) is 0 Å². The topological polar surface area (TPSA) is 49.4 Å². The molecule has 1 saturated heterocycles. The van der Waals surface area contributed by atoms with Crippen molar-refractivity contribution < 1.29 is 34.8 Å². The number of piperidine rings is 1. The summed E-state index contributed by atoms with van der Waals surface area (Å²) < 4.78 is 106. The van der Waals surface area contributed by atoms with Gasteiger partial charge in [-0.3, -0.25) is 4.31 Å². The molecule has 1 N–H and O–H groups in total. The van der Waals surface area contributed by atoms with Crippen LogP contribution >= 0.6 is 0 Å². The Labute approximate surface area is 182 Å². The molecule has 0 bridgehead atoms. The van der Waals surface area contributed by atoms with E-state index in [1.165, 1.54) is 0 Å². The van der Waals surface area contributed by atoms with Gasteiger partial charge in [-0.15, -0.1) is 0 Å². The van der Waals surface area contributed by atoms with E-state index < -0.39 is 44.6 Å². The molecule has 0 saturated carbocycles. The number of hydrogen-bond acceptors (Lipinski definition) is 3. The summed E-state index contributed by atoms with van der Waals surface area (Å²) >= 11 is 0. The van der Waals surface area contributed by atoms with Crippen LogP contribution in [-0.4, -0.2) is 34.3 Å². The Bertz CT molecular complexity index is 1010. The van der Waals surface area contributed by atoms with Crippen LogP contribution in [0.15, 0.2) is 48.5 Å². The molecule has 0 aliphatic carbocycles. The standard InChI is InChI=1S/C21H22F6N2O2S/c1-32(30,31)29(14-19(7-9-28-10-8-19)15-5-3-2-4-6-15)18-12-16(20(22,23)24)11-17(13-18)21(25,26)27/h2-6,11-13,28H,7-10,14H2,1H3. The normalized spacial score (nSPS) is 17.2. The molecular weight excluding hydrogens is 458 g/mol. The number of nitrogens with one attached hydrogen (secondary N) is 1. The molecule has 11 heteroatoms. The van der Waals surface area contributed by atoms with Gasteiger partial charge in [0.1, 0.15) is 0 Å². The highest BCUT2D eigenvalue weighted by Gasteiger charge is 2.41. The van der Waals surface area contributed by atoms with Crippen LogP contribution in [0.1, 0.15) is 29.5 Å². The third-order valence-corrected chi connectivity index (χ3v) is 6.79. The molecule has 1 aliphatic heterocycles. The molecule has 0 unspecified atom stereocenters. The highest BCUT2D eigenvalue weighted by molar-refractivity contribution is 7.92. The monoisotopic (exact) mass is 480 g/mol. The van der Waals surface area contributed by atoms with Crippen LogP contribution in [-0.2, 0) is 27.8 Å². The van der Waals surface area contributed by atoms with Gasteiger partial charge in [-0.25, -0.2) is 8.42 Å².